The highest BCUT2D eigenvalue weighted by Gasteiger charge is 2.57. The summed E-state index contributed by atoms with van der Waals surface area (Å²) in [5, 5.41) is 36.1. The third-order valence-electron chi connectivity index (χ3n) is 11.0. The van der Waals surface area contributed by atoms with Crippen LogP contribution in [0.1, 0.15) is 81.6 Å². The fourth-order valence-electron chi connectivity index (χ4n) is 8.31. The second kappa shape index (κ2) is 14.3. The van der Waals surface area contributed by atoms with Gasteiger partial charge in [0.1, 0.15) is 18.3 Å². The molecule has 4 aliphatic rings. The van der Waals surface area contributed by atoms with E-state index in [2.05, 4.69) is 12.2 Å². The number of carbonyl (C=O) groups is 1. The van der Waals surface area contributed by atoms with E-state index in [1.807, 2.05) is 34.6 Å². The van der Waals surface area contributed by atoms with E-state index in [0.717, 1.165) is 0 Å². The molecule has 4 heterocycles. The number of esters is 1. The van der Waals surface area contributed by atoms with E-state index in [4.69, 9.17) is 33.2 Å². The molecule has 2 bridgehead atoms. The molecule has 12 heteroatoms. The number of likely N-dealkylation sites (N-methyl/N-ethyl adjacent to an activating group) is 1. The van der Waals surface area contributed by atoms with E-state index < -0.39 is 84.3 Å². The average Bonchev–Trinajstić information content (AvgIpc) is 3.29. The molecule has 4 saturated heterocycles. The number of cyclic esters (lactones) is 1. The molecular weight excluding hydrogens is 586 g/mol. The Balaban J connectivity index is 1.77. The van der Waals surface area contributed by atoms with Gasteiger partial charge in [0.2, 0.25) is 0 Å². The third-order valence-corrected chi connectivity index (χ3v) is 11.0. The van der Waals surface area contributed by atoms with Crippen LogP contribution in [-0.2, 0) is 38.0 Å². The highest BCUT2D eigenvalue weighted by Crippen LogP contribution is 2.47. The van der Waals surface area contributed by atoms with Crippen molar-refractivity contribution in [2.75, 3.05) is 14.2 Å². The molecule has 0 aromatic rings. The van der Waals surface area contributed by atoms with Crippen LogP contribution in [0, 0.1) is 23.7 Å². The Labute approximate surface area is 268 Å². The Bertz CT molecular complexity index is 1000. The second-order valence-corrected chi connectivity index (χ2v) is 14.8. The van der Waals surface area contributed by atoms with Crippen molar-refractivity contribution in [1.82, 2.24) is 5.32 Å². The summed E-state index contributed by atoms with van der Waals surface area (Å²) in [7, 11) is 3.35. The second-order valence-electron chi connectivity index (χ2n) is 14.8. The van der Waals surface area contributed by atoms with Gasteiger partial charge in [0, 0.05) is 31.4 Å². The number of rotatable bonds is 7. The Hall–Kier alpha value is -0.930. The number of hydrogen-bond acceptors (Lipinski definition) is 12. The summed E-state index contributed by atoms with van der Waals surface area (Å²) in [5.41, 5.74) is -1.81. The molecule has 8 unspecified atom stereocenters. The fourth-order valence-corrected chi connectivity index (χ4v) is 8.31. The van der Waals surface area contributed by atoms with Gasteiger partial charge in [0.05, 0.1) is 53.7 Å². The summed E-state index contributed by atoms with van der Waals surface area (Å²) in [6, 6.07) is -0.233. The molecule has 18 atom stereocenters. The first-order valence-electron chi connectivity index (χ1n) is 16.7. The quantitative estimate of drug-likeness (QED) is 0.300. The van der Waals surface area contributed by atoms with Crippen LogP contribution in [0.4, 0.5) is 0 Å². The first-order chi connectivity index (χ1) is 21.0. The average molecular weight is 646 g/mol. The minimum Gasteiger partial charge on any atom is -0.459 e. The lowest BCUT2D eigenvalue weighted by Gasteiger charge is -2.48. The summed E-state index contributed by atoms with van der Waals surface area (Å²) in [6.45, 7) is 16.9. The molecule has 45 heavy (non-hydrogen) atoms. The lowest BCUT2D eigenvalue weighted by Crippen LogP contribution is -2.60. The number of nitrogens with one attached hydrogen (secondary N) is 1. The summed E-state index contributed by atoms with van der Waals surface area (Å²) < 4.78 is 44.5. The summed E-state index contributed by atoms with van der Waals surface area (Å²) in [5.74, 6) is -2.09. The number of fused-ring (bicyclic) bond motifs is 2. The van der Waals surface area contributed by atoms with Crippen molar-refractivity contribution in [2.45, 2.75) is 166 Å². The Morgan fingerprint density at radius 2 is 1.67 bits per heavy atom. The molecule has 0 spiro atoms. The monoisotopic (exact) mass is 645 g/mol. The molecule has 0 aromatic heterocycles. The standard InChI is InChI=1S/C33H59NO11/c1-15-13-33(9)29(44-31-24(36)22(34-10)12-16(2)40-31)18(4)26(42-23-14-32(8,39-11)28(37)21(7)41-23)19(5)30(38)43-27(20(6)35)17(3)25(15)45-33/h15-29,31,34-37H,12-14H2,1-11H3/t15-,16?,17-,18-,19+,20?,21?,22?,23-,24?,25?,26-,27+,28-,29+,31-,32?,33?/m0/s1. The Morgan fingerprint density at radius 1 is 1.00 bits per heavy atom. The van der Waals surface area contributed by atoms with E-state index in [9.17, 15) is 20.1 Å². The van der Waals surface area contributed by atoms with Crippen LogP contribution in [0.3, 0.4) is 0 Å². The SMILES string of the molecule is CNC1CC(C)O[C@@H](O[C@@H]2[C@@H](C)[C@H](O[C@H]3CC(C)(OC)[C@@H](O)C(C)O3)[C@@H](C)C(=O)O[C@@H](C(C)O)[C@@H](C)C3OC2(C)C[C@@H]3C)C1O. The molecule has 0 aromatic carbocycles. The van der Waals surface area contributed by atoms with E-state index in [-0.39, 0.29) is 36.5 Å². The summed E-state index contributed by atoms with van der Waals surface area (Å²) in [6.07, 6.45) is -6.46. The largest absolute Gasteiger partial charge is 0.459 e. The topological polar surface area (TPSA) is 154 Å². The minimum atomic E-state index is -0.956. The van der Waals surface area contributed by atoms with Gasteiger partial charge in [-0.2, -0.15) is 0 Å². The lowest BCUT2D eigenvalue weighted by atomic mass is 9.77. The maximum Gasteiger partial charge on any atom is 0.311 e. The highest BCUT2D eigenvalue weighted by atomic mass is 16.7. The third kappa shape index (κ3) is 7.40. The highest BCUT2D eigenvalue weighted by molar-refractivity contribution is 5.73. The van der Waals surface area contributed by atoms with Crippen LogP contribution in [-0.4, -0.2) is 120 Å². The first-order valence-corrected chi connectivity index (χ1v) is 16.7. The zero-order chi connectivity index (χ0) is 33.6. The van der Waals surface area contributed by atoms with Crippen LogP contribution >= 0.6 is 0 Å². The van der Waals surface area contributed by atoms with E-state index in [1.54, 1.807) is 34.9 Å². The summed E-state index contributed by atoms with van der Waals surface area (Å²) >= 11 is 0. The Morgan fingerprint density at radius 3 is 2.27 bits per heavy atom. The van der Waals surface area contributed by atoms with Crippen molar-refractivity contribution < 1.29 is 53.3 Å². The molecule has 0 saturated carbocycles. The van der Waals surface area contributed by atoms with Crippen molar-refractivity contribution in [3.8, 4) is 0 Å². The van der Waals surface area contributed by atoms with Gasteiger partial charge in [-0.1, -0.05) is 20.8 Å². The number of ether oxygens (including phenoxy) is 7. The number of hydrogen-bond donors (Lipinski definition) is 4. The minimum absolute atomic E-state index is 0.0482. The molecule has 4 fully saturated rings. The Kier molecular flexibility index (Phi) is 11.7. The number of methoxy groups -OCH3 is 1. The van der Waals surface area contributed by atoms with Gasteiger partial charge < -0.3 is 53.8 Å². The molecule has 0 aliphatic carbocycles. The van der Waals surface area contributed by atoms with Crippen molar-refractivity contribution in [1.29, 1.82) is 0 Å². The van der Waals surface area contributed by atoms with Gasteiger partial charge in [-0.05, 0) is 67.3 Å². The lowest BCUT2D eigenvalue weighted by molar-refractivity contribution is -0.316. The van der Waals surface area contributed by atoms with Gasteiger partial charge in [-0.25, -0.2) is 0 Å². The zero-order valence-electron chi connectivity index (χ0n) is 29.0. The predicted octanol–water partition coefficient (Wildman–Crippen LogP) is 2.14. The molecule has 4 aliphatic heterocycles. The summed E-state index contributed by atoms with van der Waals surface area (Å²) in [4.78, 5) is 13.9. The van der Waals surface area contributed by atoms with Gasteiger partial charge in [0.25, 0.3) is 0 Å². The van der Waals surface area contributed by atoms with Crippen LogP contribution in [0.5, 0.6) is 0 Å². The smallest absolute Gasteiger partial charge is 0.311 e. The van der Waals surface area contributed by atoms with Gasteiger partial charge >= 0.3 is 5.97 Å². The van der Waals surface area contributed by atoms with Gasteiger partial charge in [-0.3, -0.25) is 4.79 Å². The fraction of sp³-hybridized carbons (Fsp3) is 0.970. The number of carbonyl (C=O) groups excluding carboxylic acids is 1. The van der Waals surface area contributed by atoms with Gasteiger partial charge in [0.15, 0.2) is 12.6 Å². The molecule has 4 N–H and O–H groups in total. The van der Waals surface area contributed by atoms with Gasteiger partial charge in [-0.15, -0.1) is 0 Å². The van der Waals surface area contributed by atoms with Crippen molar-refractivity contribution >= 4 is 5.97 Å². The van der Waals surface area contributed by atoms with Crippen LogP contribution in [0.2, 0.25) is 0 Å². The predicted molar refractivity (Wildman–Crippen MR) is 164 cm³/mol. The van der Waals surface area contributed by atoms with Crippen molar-refractivity contribution in [3.63, 3.8) is 0 Å². The molecule has 0 amide bonds. The van der Waals surface area contributed by atoms with E-state index in [0.29, 0.717) is 12.8 Å². The maximum absolute atomic E-state index is 13.9. The zero-order valence-corrected chi connectivity index (χ0v) is 29.0. The first kappa shape index (κ1) is 36.9. The molecule has 12 nitrogen and oxygen atoms in total. The molecular formula is C33H59NO11. The van der Waals surface area contributed by atoms with Crippen LogP contribution in [0.15, 0.2) is 0 Å². The molecule has 4 rings (SSSR count). The molecule has 0 radical (unpaired) electrons. The van der Waals surface area contributed by atoms with E-state index in [1.165, 1.54) is 0 Å². The normalized spacial score (nSPS) is 52.1. The maximum atomic E-state index is 13.9. The van der Waals surface area contributed by atoms with Crippen LogP contribution < -0.4 is 5.32 Å². The van der Waals surface area contributed by atoms with Crippen molar-refractivity contribution in [2.24, 2.45) is 23.7 Å². The van der Waals surface area contributed by atoms with Crippen LogP contribution in [0.25, 0.3) is 0 Å². The van der Waals surface area contributed by atoms with Crippen molar-refractivity contribution in [3.05, 3.63) is 0 Å². The number of aliphatic hydroxyl groups is 3. The molecule has 262 valence electrons. The van der Waals surface area contributed by atoms with E-state index >= 15 is 0 Å². The number of aliphatic hydroxyl groups excluding tert-OH is 3.